The zero-order chi connectivity index (χ0) is 22.7. The number of rotatable bonds is 13. The van der Waals surface area contributed by atoms with Crippen molar-refractivity contribution in [3.05, 3.63) is 65.5 Å². The van der Waals surface area contributed by atoms with Crippen molar-refractivity contribution >= 4 is 16.0 Å². The van der Waals surface area contributed by atoms with Gasteiger partial charge in [0.2, 0.25) is 5.91 Å². The number of carbonyl (C=O) groups excluding carboxylic acids is 1. The molecule has 31 heavy (non-hydrogen) atoms. The third kappa shape index (κ3) is 9.96. The van der Waals surface area contributed by atoms with Crippen LogP contribution in [0.15, 0.2) is 48.5 Å². The minimum absolute atomic E-state index is 0.0521. The van der Waals surface area contributed by atoms with E-state index in [1.54, 1.807) is 41.3 Å². The molecule has 0 N–H and O–H groups in total. The predicted molar refractivity (Wildman–Crippen MR) is 121 cm³/mol. The summed E-state index contributed by atoms with van der Waals surface area (Å²) in [4.78, 5) is 14.7. The molecule has 0 atom stereocenters. The molecule has 2 aromatic carbocycles. The molecule has 1 amide bonds. The number of amides is 1. The normalized spacial score (nSPS) is 11.3. The van der Waals surface area contributed by atoms with Gasteiger partial charge in [-0.25, -0.2) is 4.39 Å². The van der Waals surface area contributed by atoms with Crippen LogP contribution >= 0.6 is 0 Å². The van der Waals surface area contributed by atoms with Crippen LogP contribution in [0.5, 0.6) is 5.75 Å². The van der Waals surface area contributed by atoms with Crippen molar-refractivity contribution in [2.45, 2.75) is 65.0 Å². The number of benzene rings is 2. The van der Waals surface area contributed by atoms with Gasteiger partial charge in [-0.05, 0) is 41.8 Å². The molecule has 0 unspecified atom stereocenters. The van der Waals surface area contributed by atoms with Crippen molar-refractivity contribution in [2.75, 3.05) is 6.26 Å². The van der Waals surface area contributed by atoms with Gasteiger partial charge in [0, 0.05) is 19.5 Å². The van der Waals surface area contributed by atoms with Crippen molar-refractivity contribution in [1.82, 2.24) is 4.90 Å². The van der Waals surface area contributed by atoms with Gasteiger partial charge in [0.05, 0.1) is 6.26 Å². The van der Waals surface area contributed by atoms with E-state index in [9.17, 15) is 17.6 Å². The molecular formula is C24H32FNO4S. The summed E-state index contributed by atoms with van der Waals surface area (Å²) in [6, 6.07) is 12.8. The lowest BCUT2D eigenvalue weighted by Gasteiger charge is -2.23. The molecule has 170 valence electrons. The number of hydrogen-bond donors (Lipinski definition) is 0. The molecule has 0 radical (unpaired) electrons. The Morgan fingerprint density at radius 2 is 1.39 bits per heavy atom. The summed E-state index contributed by atoms with van der Waals surface area (Å²) in [7, 11) is -3.58. The fraction of sp³-hybridized carbons (Fsp3) is 0.458. The average molecular weight is 450 g/mol. The van der Waals surface area contributed by atoms with Crippen LogP contribution in [-0.2, 0) is 28.0 Å². The third-order valence-electron chi connectivity index (χ3n) is 4.93. The van der Waals surface area contributed by atoms with Crippen molar-refractivity contribution in [3.8, 4) is 5.75 Å². The van der Waals surface area contributed by atoms with E-state index in [0.29, 0.717) is 19.5 Å². The maximum Gasteiger partial charge on any atom is 0.306 e. The van der Waals surface area contributed by atoms with Crippen molar-refractivity contribution in [1.29, 1.82) is 0 Å². The lowest BCUT2D eigenvalue weighted by molar-refractivity contribution is -0.132. The van der Waals surface area contributed by atoms with Crippen molar-refractivity contribution in [2.24, 2.45) is 0 Å². The first-order valence-corrected chi connectivity index (χ1v) is 12.6. The Morgan fingerprint density at radius 1 is 0.871 bits per heavy atom. The third-order valence-corrected chi connectivity index (χ3v) is 5.42. The maximum atomic E-state index is 13.2. The molecule has 0 aliphatic heterocycles. The van der Waals surface area contributed by atoms with Crippen LogP contribution in [0.3, 0.4) is 0 Å². The quantitative estimate of drug-likeness (QED) is 0.302. The van der Waals surface area contributed by atoms with E-state index in [1.165, 1.54) is 31.4 Å². The van der Waals surface area contributed by atoms with Crippen molar-refractivity contribution < 1.29 is 21.8 Å². The fourth-order valence-corrected chi connectivity index (χ4v) is 3.76. The molecule has 5 nitrogen and oxygen atoms in total. The first-order chi connectivity index (χ1) is 14.8. The van der Waals surface area contributed by atoms with E-state index >= 15 is 0 Å². The van der Waals surface area contributed by atoms with Crippen LogP contribution in [0.4, 0.5) is 4.39 Å². The molecule has 0 aliphatic carbocycles. The highest BCUT2D eigenvalue weighted by atomic mass is 32.2. The highest BCUT2D eigenvalue weighted by molar-refractivity contribution is 7.86. The first-order valence-electron chi connectivity index (χ1n) is 10.8. The van der Waals surface area contributed by atoms with Crippen LogP contribution in [0, 0.1) is 5.82 Å². The van der Waals surface area contributed by atoms with Gasteiger partial charge in [-0.2, -0.15) is 8.42 Å². The van der Waals surface area contributed by atoms with Crippen LogP contribution in [0.2, 0.25) is 0 Å². The minimum atomic E-state index is -3.58. The van der Waals surface area contributed by atoms with E-state index in [-0.39, 0.29) is 17.5 Å². The van der Waals surface area contributed by atoms with Gasteiger partial charge in [-0.1, -0.05) is 63.3 Å². The summed E-state index contributed by atoms with van der Waals surface area (Å²) in [5, 5.41) is 0. The number of nitrogens with zero attached hydrogens (tertiary/aromatic N) is 1. The summed E-state index contributed by atoms with van der Waals surface area (Å²) in [5.74, 6) is -0.0267. The Labute approximate surface area is 185 Å². The van der Waals surface area contributed by atoms with E-state index in [0.717, 1.165) is 36.6 Å². The maximum absolute atomic E-state index is 13.2. The van der Waals surface area contributed by atoms with Gasteiger partial charge in [0.25, 0.3) is 0 Å². The lowest BCUT2D eigenvalue weighted by atomic mass is 10.1. The van der Waals surface area contributed by atoms with Gasteiger partial charge < -0.3 is 9.08 Å². The standard InChI is InChI=1S/C24H32FNO4S/c1-3-4-5-6-7-8-9-24(27)26(18-20-10-14-22(25)15-11-20)19-21-12-16-23(17-13-21)30-31(2,28)29/h10-17H,3-9,18-19H2,1-2H3. The van der Waals surface area contributed by atoms with E-state index in [1.807, 2.05) is 0 Å². The molecule has 0 aliphatic rings. The largest absolute Gasteiger partial charge is 0.383 e. The first kappa shape index (κ1) is 24.9. The summed E-state index contributed by atoms with van der Waals surface area (Å²) >= 11 is 0. The molecular weight excluding hydrogens is 417 g/mol. The lowest BCUT2D eigenvalue weighted by Crippen LogP contribution is -2.30. The summed E-state index contributed by atoms with van der Waals surface area (Å²) < 4.78 is 40.6. The number of unbranched alkanes of at least 4 members (excludes halogenated alkanes) is 5. The van der Waals surface area contributed by atoms with E-state index < -0.39 is 10.1 Å². The topological polar surface area (TPSA) is 63.7 Å². The second kappa shape index (κ2) is 12.4. The molecule has 0 saturated carbocycles. The number of halogens is 1. The van der Waals surface area contributed by atoms with Crippen LogP contribution < -0.4 is 4.18 Å². The monoisotopic (exact) mass is 449 g/mol. The highest BCUT2D eigenvalue weighted by Crippen LogP contribution is 2.18. The second-order valence-corrected chi connectivity index (χ2v) is 9.40. The predicted octanol–water partition coefficient (Wildman–Crippen LogP) is 5.44. The Hall–Kier alpha value is -2.41. The molecule has 0 saturated heterocycles. The van der Waals surface area contributed by atoms with Gasteiger partial charge in [-0.15, -0.1) is 0 Å². The number of carbonyl (C=O) groups is 1. The molecule has 2 aromatic rings. The van der Waals surface area contributed by atoms with Crippen LogP contribution in [-0.4, -0.2) is 25.5 Å². The van der Waals surface area contributed by atoms with E-state index in [4.69, 9.17) is 4.18 Å². The van der Waals surface area contributed by atoms with E-state index in [2.05, 4.69) is 6.92 Å². The SMILES string of the molecule is CCCCCCCCC(=O)N(Cc1ccc(F)cc1)Cc1ccc(OS(C)(=O)=O)cc1. The second-order valence-electron chi connectivity index (χ2n) is 7.83. The molecule has 0 heterocycles. The molecule has 7 heteroatoms. The number of hydrogen-bond acceptors (Lipinski definition) is 4. The van der Waals surface area contributed by atoms with Crippen molar-refractivity contribution in [3.63, 3.8) is 0 Å². The molecule has 2 rings (SSSR count). The Kier molecular flexibility index (Phi) is 9.98. The van der Waals surface area contributed by atoms with Gasteiger partial charge >= 0.3 is 10.1 Å². The molecule has 0 bridgehead atoms. The zero-order valence-corrected chi connectivity index (χ0v) is 19.2. The summed E-state index contributed by atoms with van der Waals surface area (Å²) in [6.45, 7) is 2.94. The van der Waals surface area contributed by atoms with Crippen LogP contribution in [0.25, 0.3) is 0 Å². The highest BCUT2D eigenvalue weighted by Gasteiger charge is 2.15. The Bertz CT molecular complexity index is 912. The minimum Gasteiger partial charge on any atom is -0.383 e. The van der Waals surface area contributed by atoms with Crippen LogP contribution in [0.1, 0.15) is 63.0 Å². The van der Waals surface area contributed by atoms with Gasteiger partial charge in [-0.3, -0.25) is 4.79 Å². The molecule has 0 fully saturated rings. The summed E-state index contributed by atoms with van der Waals surface area (Å²) in [6.07, 6.45) is 8.11. The smallest absolute Gasteiger partial charge is 0.306 e. The molecule has 0 spiro atoms. The zero-order valence-electron chi connectivity index (χ0n) is 18.3. The van der Waals surface area contributed by atoms with Gasteiger partial charge in [0.1, 0.15) is 11.6 Å². The Morgan fingerprint density at radius 3 is 1.94 bits per heavy atom. The average Bonchev–Trinajstić information content (AvgIpc) is 2.72. The van der Waals surface area contributed by atoms with Gasteiger partial charge in [0.15, 0.2) is 0 Å². The fourth-order valence-electron chi connectivity index (χ4n) is 3.30. The Balaban J connectivity index is 2.02. The summed E-state index contributed by atoms with van der Waals surface area (Å²) in [5.41, 5.74) is 1.72. The molecule has 0 aromatic heterocycles.